The first-order chi connectivity index (χ1) is 13.7. The average Bonchev–Trinajstić information content (AvgIpc) is 2.71. The topological polar surface area (TPSA) is 0 Å². The highest BCUT2D eigenvalue weighted by molar-refractivity contribution is 5.35. The van der Waals surface area contributed by atoms with Gasteiger partial charge in [0, 0.05) is 5.92 Å². The Morgan fingerprint density at radius 1 is 0.500 bits per heavy atom. The molecule has 0 N–H and O–H groups in total. The molecule has 0 heterocycles. The number of rotatable bonds is 14. The third-order valence-electron chi connectivity index (χ3n) is 6.06. The van der Waals surface area contributed by atoms with Crippen molar-refractivity contribution in [3.63, 3.8) is 0 Å². The molecule has 0 heteroatoms. The Hall–Kier alpha value is -1.56. The summed E-state index contributed by atoms with van der Waals surface area (Å²) < 4.78 is 0. The van der Waals surface area contributed by atoms with Gasteiger partial charge < -0.3 is 0 Å². The van der Waals surface area contributed by atoms with E-state index in [1.165, 1.54) is 99.3 Å². The highest BCUT2D eigenvalue weighted by Crippen LogP contribution is 2.30. The zero-order valence-corrected chi connectivity index (χ0v) is 18.7. The molecule has 0 radical (unpaired) electrons. The maximum Gasteiger partial charge on any atom is 0.00893 e. The van der Waals surface area contributed by atoms with Gasteiger partial charge in [0.05, 0.1) is 0 Å². The summed E-state index contributed by atoms with van der Waals surface area (Å²) in [6.07, 6.45) is 16.8. The van der Waals surface area contributed by atoms with Crippen LogP contribution in [0.5, 0.6) is 0 Å². The van der Waals surface area contributed by atoms with Gasteiger partial charge in [0.25, 0.3) is 0 Å². The predicted octanol–water partition coefficient (Wildman–Crippen LogP) is 9.14. The van der Waals surface area contributed by atoms with E-state index in [2.05, 4.69) is 69.3 Å². The van der Waals surface area contributed by atoms with Crippen LogP contribution >= 0.6 is 0 Å². The zero-order valence-electron chi connectivity index (χ0n) is 18.7. The first-order valence-electron chi connectivity index (χ1n) is 11.8. The van der Waals surface area contributed by atoms with E-state index in [0.29, 0.717) is 5.92 Å². The van der Waals surface area contributed by atoms with Gasteiger partial charge in [-0.3, -0.25) is 0 Å². The molecule has 2 aromatic carbocycles. The van der Waals surface area contributed by atoms with Crippen molar-refractivity contribution in [2.45, 2.75) is 104 Å². The lowest BCUT2D eigenvalue weighted by Gasteiger charge is -2.19. The summed E-state index contributed by atoms with van der Waals surface area (Å²) in [5.41, 5.74) is 5.64. The predicted molar refractivity (Wildman–Crippen MR) is 125 cm³/mol. The Morgan fingerprint density at radius 3 is 1.25 bits per heavy atom. The SMILES string of the molecule is CCCCCCCCCCCCCC(c1ccc(C)cc1)c1ccc(C)cc1. The van der Waals surface area contributed by atoms with E-state index in [0.717, 1.165) is 0 Å². The number of aryl methyl sites for hydroxylation is 2. The fraction of sp³-hybridized carbons (Fsp3) is 0.571. The van der Waals surface area contributed by atoms with Crippen LogP contribution < -0.4 is 0 Å². The van der Waals surface area contributed by atoms with Crippen LogP contribution in [0.15, 0.2) is 48.5 Å². The number of hydrogen-bond donors (Lipinski definition) is 0. The summed E-state index contributed by atoms with van der Waals surface area (Å²) >= 11 is 0. The van der Waals surface area contributed by atoms with Crippen molar-refractivity contribution in [3.05, 3.63) is 70.8 Å². The minimum absolute atomic E-state index is 0.541. The Balaban J connectivity index is 1.72. The monoisotopic (exact) mass is 378 g/mol. The quantitative estimate of drug-likeness (QED) is 0.287. The van der Waals surface area contributed by atoms with Crippen LogP contribution in [0.25, 0.3) is 0 Å². The molecule has 0 bridgehead atoms. The van der Waals surface area contributed by atoms with E-state index in [9.17, 15) is 0 Å². The average molecular weight is 379 g/mol. The summed E-state index contributed by atoms with van der Waals surface area (Å²) in [5.74, 6) is 0.541. The third kappa shape index (κ3) is 8.63. The Morgan fingerprint density at radius 2 is 0.857 bits per heavy atom. The van der Waals surface area contributed by atoms with Gasteiger partial charge in [-0.15, -0.1) is 0 Å². The molecule has 0 spiro atoms. The van der Waals surface area contributed by atoms with Crippen molar-refractivity contribution >= 4 is 0 Å². The van der Waals surface area contributed by atoms with E-state index < -0.39 is 0 Å². The van der Waals surface area contributed by atoms with Gasteiger partial charge in [-0.25, -0.2) is 0 Å². The number of benzene rings is 2. The number of hydrogen-bond acceptors (Lipinski definition) is 0. The van der Waals surface area contributed by atoms with Crippen molar-refractivity contribution in [1.29, 1.82) is 0 Å². The van der Waals surface area contributed by atoms with Gasteiger partial charge in [-0.05, 0) is 31.4 Å². The molecule has 0 nitrogen and oxygen atoms in total. The third-order valence-corrected chi connectivity index (χ3v) is 6.06. The lowest BCUT2D eigenvalue weighted by atomic mass is 9.86. The highest BCUT2D eigenvalue weighted by Gasteiger charge is 2.13. The van der Waals surface area contributed by atoms with Crippen molar-refractivity contribution in [3.8, 4) is 0 Å². The Bertz CT molecular complexity index is 575. The largest absolute Gasteiger partial charge is 0.0654 e. The van der Waals surface area contributed by atoms with E-state index in [1.807, 2.05) is 0 Å². The Kier molecular flexibility index (Phi) is 11.0. The lowest BCUT2D eigenvalue weighted by Crippen LogP contribution is -2.02. The van der Waals surface area contributed by atoms with Gasteiger partial charge in [0.15, 0.2) is 0 Å². The van der Waals surface area contributed by atoms with Crippen LogP contribution in [-0.2, 0) is 0 Å². The minimum Gasteiger partial charge on any atom is -0.0654 e. The molecule has 0 atom stereocenters. The fourth-order valence-corrected chi connectivity index (χ4v) is 4.14. The van der Waals surface area contributed by atoms with Crippen LogP contribution in [0.4, 0.5) is 0 Å². The van der Waals surface area contributed by atoms with Crippen molar-refractivity contribution in [2.75, 3.05) is 0 Å². The van der Waals surface area contributed by atoms with Gasteiger partial charge >= 0.3 is 0 Å². The zero-order chi connectivity index (χ0) is 20.0. The molecular formula is C28H42. The Labute approximate surface area is 174 Å². The molecule has 0 aliphatic heterocycles. The lowest BCUT2D eigenvalue weighted by molar-refractivity contribution is 0.536. The summed E-state index contributed by atoms with van der Waals surface area (Å²) in [6, 6.07) is 18.4. The molecule has 0 aliphatic rings. The normalized spacial score (nSPS) is 11.3. The van der Waals surface area contributed by atoms with Crippen LogP contribution in [0.3, 0.4) is 0 Å². The summed E-state index contributed by atoms with van der Waals surface area (Å²) in [5, 5.41) is 0. The molecule has 2 aromatic rings. The second-order valence-electron chi connectivity index (χ2n) is 8.70. The molecule has 0 aliphatic carbocycles. The maximum absolute atomic E-state index is 2.33. The fourth-order valence-electron chi connectivity index (χ4n) is 4.14. The van der Waals surface area contributed by atoms with Gasteiger partial charge in [0.2, 0.25) is 0 Å². The van der Waals surface area contributed by atoms with Crippen molar-refractivity contribution < 1.29 is 0 Å². The second kappa shape index (κ2) is 13.6. The van der Waals surface area contributed by atoms with E-state index >= 15 is 0 Å². The van der Waals surface area contributed by atoms with Gasteiger partial charge in [-0.2, -0.15) is 0 Å². The summed E-state index contributed by atoms with van der Waals surface area (Å²) in [4.78, 5) is 0. The van der Waals surface area contributed by atoms with Crippen molar-refractivity contribution in [2.24, 2.45) is 0 Å². The minimum atomic E-state index is 0.541. The van der Waals surface area contributed by atoms with Crippen LogP contribution in [-0.4, -0.2) is 0 Å². The molecule has 0 unspecified atom stereocenters. The molecule has 154 valence electrons. The van der Waals surface area contributed by atoms with Gasteiger partial charge in [0.1, 0.15) is 0 Å². The first-order valence-corrected chi connectivity index (χ1v) is 11.8. The van der Waals surface area contributed by atoms with E-state index in [1.54, 1.807) is 0 Å². The maximum atomic E-state index is 2.33. The molecule has 0 amide bonds. The molecule has 0 saturated carbocycles. The van der Waals surface area contributed by atoms with E-state index in [-0.39, 0.29) is 0 Å². The smallest absolute Gasteiger partial charge is 0.00893 e. The standard InChI is InChI=1S/C28H42/c1-4-5-6-7-8-9-10-11-12-13-14-15-28(26-20-16-24(2)17-21-26)27-22-18-25(3)19-23-27/h16-23,28H,4-15H2,1-3H3. The van der Waals surface area contributed by atoms with Crippen LogP contribution in [0.2, 0.25) is 0 Å². The summed E-state index contributed by atoms with van der Waals surface area (Å²) in [6.45, 7) is 6.64. The van der Waals surface area contributed by atoms with E-state index in [4.69, 9.17) is 0 Å². The molecule has 0 saturated heterocycles. The number of unbranched alkanes of at least 4 members (excludes halogenated alkanes) is 10. The van der Waals surface area contributed by atoms with Crippen LogP contribution in [0.1, 0.15) is 112 Å². The van der Waals surface area contributed by atoms with Crippen molar-refractivity contribution in [1.82, 2.24) is 0 Å². The van der Waals surface area contributed by atoms with Crippen LogP contribution in [0, 0.1) is 13.8 Å². The molecule has 0 fully saturated rings. The molecule has 28 heavy (non-hydrogen) atoms. The summed E-state index contributed by atoms with van der Waals surface area (Å²) in [7, 11) is 0. The second-order valence-corrected chi connectivity index (χ2v) is 8.70. The van der Waals surface area contributed by atoms with Gasteiger partial charge in [-0.1, -0.05) is 137 Å². The molecular weight excluding hydrogens is 336 g/mol. The molecule has 2 rings (SSSR count). The highest BCUT2D eigenvalue weighted by atomic mass is 14.2. The molecule has 0 aromatic heterocycles. The first kappa shape index (κ1) is 22.7.